The van der Waals surface area contributed by atoms with Crippen molar-refractivity contribution in [2.75, 3.05) is 49.1 Å². The molecule has 3 aromatic rings. The fourth-order valence-electron chi connectivity index (χ4n) is 4.89. The van der Waals surface area contributed by atoms with Crippen molar-refractivity contribution in [3.05, 3.63) is 75.8 Å². The minimum Gasteiger partial charge on any atom is -0.369 e. The van der Waals surface area contributed by atoms with Gasteiger partial charge in [-0.25, -0.2) is 4.98 Å². The molecular formula is C29H38ClN5O. The van der Waals surface area contributed by atoms with Gasteiger partial charge in [0.05, 0.1) is 0 Å². The van der Waals surface area contributed by atoms with Crippen LogP contribution in [0.25, 0.3) is 0 Å². The van der Waals surface area contributed by atoms with Gasteiger partial charge >= 0.3 is 0 Å². The Morgan fingerprint density at radius 3 is 2.47 bits per heavy atom. The lowest BCUT2D eigenvalue weighted by molar-refractivity contribution is 0.0980. The molecule has 0 radical (unpaired) electrons. The van der Waals surface area contributed by atoms with Gasteiger partial charge in [0.1, 0.15) is 11.5 Å². The van der Waals surface area contributed by atoms with Crippen molar-refractivity contribution in [3.8, 4) is 0 Å². The first-order chi connectivity index (χ1) is 17.4. The van der Waals surface area contributed by atoms with E-state index in [9.17, 15) is 4.79 Å². The van der Waals surface area contributed by atoms with Gasteiger partial charge < -0.3 is 14.8 Å². The monoisotopic (exact) mass is 507 g/mol. The van der Waals surface area contributed by atoms with E-state index < -0.39 is 0 Å². The largest absolute Gasteiger partial charge is 0.369 e. The van der Waals surface area contributed by atoms with Crippen molar-refractivity contribution >= 4 is 28.9 Å². The highest BCUT2D eigenvalue weighted by molar-refractivity contribution is 6.31. The Hall–Kier alpha value is -2.83. The van der Waals surface area contributed by atoms with Crippen LogP contribution < -0.4 is 9.80 Å². The Morgan fingerprint density at radius 2 is 1.78 bits per heavy atom. The number of halogens is 1. The van der Waals surface area contributed by atoms with E-state index in [0.717, 1.165) is 79.8 Å². The van der Waals surface area contributed by atoms with Gasteiger partial charge in [-0.3, -0.25) is 9.69 Å². The number of piperazine rings is 1. The van der Waals surface area contributed by atoms with Gasteiger partial charge in [0.2, 0.25) is 0 Å². The van der Waals surface area contributed by atoms with Crippen LogP contribution in [0.5, 0.6) is 0 Å². The number of imidazole rings is 1. The molecule has 0 aliphatic carbocycles. The third-order valence-corrected chi connectivity index (χ3v) is 7.43. The molecular weight excluding hydrogens is 470 g/mol. The van der Waals surface area contributed by atoms with Crippen molar-refractivity contribution < 1.29 is 4.79 Å². The molecule has 1 aliphatic rings. The second-order valence-corrected chi connectivity index (χ2v) is 10.2. The van der Waals surface area contributed by atoms with Crippen LogP contribution in [0.1, 0.15) is 52.9 Å². The Kier molecular flexibility index (Phi) is 8.70. The van der Waals surface area contributed by atoms with E-state index in [1.165, 1.54) is 11.3 Å². The maximum absolute atomic E-state index is 13.6. The van der Waals surface area contributed by atoms with E-state index in [1.807, 2.05) is 36.1 Å². The van der Waals surface area contributed by atoms with E-state index in [1.54, 1.807) is 0 Å². The quantitative estimate of drug-likeness (QED) is 0.397. The summed E-state index contributed by atoms with van der Waals surface area (Å²) in [6, 6.07) is 14.3. The van der Waals surface area contributed by atoms with Crippen LogP contribution in [0.4, 0.5) is 11.4 Å². The van der Waals surface area contributed by atoms with Gasteiger partial charge in [0.25, 0.3) is 5.91 Å². The summed E-state index contributed by atoms with van der Waals surface area (Å²) in [7, 11) is 0. The van der Waals surface area contributed by atoms with Crippen molar-refractivity contribution in [1.82, 2.24) is 14.9 Å². The highest BCUT2D eigenvalue weighted by Crippen LogP contribution is 2.27. The summed E-state index contributed by atoms with van der Waals surface area (Å²) in [6.45, 7) is 13.8. The van der Waals surface area contributed by atoms with Gasteiger partial charge in [-0.1, -0.05) is 42.3 Å². The van der Waals surface area contributed by atoms with Crippen molar-refractivity contribution in [3.63, 3.8) is 0 Å². The first-order valence-electron chi connectivity index (χ1n) is 13.0. The molecule has 192 valence electrons. The van der Waals surface area contributed by atoms with Crippen LogP contribution >= 0.6 is 11.6 Å². The molecule has 2 heterocycles. The molecule has 0 spiro atoms. The van der Waals surface area contributed by atoms with Gasteiger partial charge in [-0.05, 0) is 70.0 Å². The minimum atomic E-state index is -0.0313. The lowest BCUT2D eigenvalue weighted by Gasteiger charge is -2.37. The summed E-state index contributed by atoms with van der Waals surface area (Å²) in [5.74, 6) is 0.853. The second kappa shape index (κ2) is 11.9. The number of aromatic nitrogens is 2. The number of carbonyl (C=O) groups is 1. The molecule has 1 fully saturated rings. The zero-order valence-electron chi connectivity index (χ0n) is 22.0. The molecule has 36 heavy (non-hydrogen) atoms. The maximum Gasteiger partial charge on any atom is 0.278 e. The highest BCUT2D eigenvalue weighted by atomic mass is 35.5. The van der Waals surface area contributed by atoms with Crippen molar-refractivity contribution in [2.45, 2.75) is 47.0 Å². The molecule has 7 heteroatoms. The summed E-state index contributed by atoms with van der Waals surface area (Å²) in [4.78, 5) is 28.4. The van der Waals surface area contributed by atoms with Crippen molar-refractivity contribution in [1.29, 1.82) is 0 Å². The van der Waals surface area contributed by atoms with Crippen LogP contribution in [0.2, 0.25) is 5.02 Å². The molecule has 2 aromatic carbocycles. The fourth-order valence-corrected chi connectivity index (χ4v) is 5.06. The first kappa shape index (κ1) is 26.2. The molecule has 1 saturated heterocycles. The number of rotatable bonds is 9. The number of hydrogen-bond acceptors (Lipinski definition) is 4. The normalized spacial score (nSPS) is 14.3. The minimum absolute atomic E-state index is 0.0313. The second-order valence-electron chi connectivity index (χ2n) is 9.77. The Labute approximate surface area is 220 Å². The Morgan fingerprint density at radius 1 is 1.06 bits per heavy atom. The van der Waals surface area contributed by atoms with E-state index in [2.05, 4.69) is 58.7 Å². The fraction of sp³-hybridized carbons (Fsp3) is 0.448. The zero-order valence-corrected chi connectivity index (χ0v) is 22.7. The molecule has 4 rings (SSSR count). The van der Waals surface area contributed by atoms with Crippen molar-refractivity contribution in [2.24, 2.45) is 0 Å². The van der Waals surface area contributed by atoms with Crippen LogP contribution in [0.3, 0.4) is 0 Å². The van der Waals surface area contributed by atoms with E-state index in [4.69, 9.17) is 11.6 Å². The number of hydrogen-bond donors (Lipinski definition) is 1. The summed E-state index contributed by atoms with van der Waals surface area (Å²) in [6.07, 6.45) is 2.74. The van der Waals surface area contributed by atoms with Gasteiger partial charge in [-0.15, -0.1) is 0 Å². The van der Waals surface area contributed by atoms with E-state index in [0.29, 0.717) is 12.2 Å². The molecule has 0 unspecified atom stereocenters. The number of benzene rings is 2. The van der Waals surface area contributed by atoms with Gasteiger partial charge in [0.15, 0.2) is 0 Å². The molecule has 1 aromatic heterocycles. The molecule has 0 bridgehead atoms. The zero-order chi connectivity index (χ0) is 25.7. The number of amides is 1. The molecule has 1 amide bonds. The molecule has 1 N–H and O–H groups in total. The number of aromatic amines is 1. The van der Waals surface area contributed by atoms with Crippen LogP contribution in [-0.2, 0) is 6.42 Å². The average molecular weight is 508 g/mol. The Bertz CT molecular complexity index is 1160. The third kappa shape index (κ3) is 6.11. The van der Waals surface area contributed by atoms with Crippen LogP contribution in [0, 0.1) is 20.8 Å². The topological polar surface area (TPSA) is 55.5 Å². The lowest BCUT2D eigenvalue weighted by atomic mass is 10.1. The SMILES string of the molecule is CCCc1nc(C(=O)N(CCCN2CCN(c3cccc(Cl)c3C)CC2)c2ccc(C)cc2)c(C)[nH]1. The number of carbonyl (C=O) groups excluding carboxylic acids is 1. The Balaban J connectivity index is 1.39. The molecule has 6 nitrogen and oxygen atoms in total. The van der Waals surface area contributed by atoms with E-state index >= 15 is 0 Å². The smallest absolute Gasteiger partial charge is 0.278 e. The number of aryl methyl sites for hydroxylation is 3. The number of anilines is 2. The molecule has 0 saturated carbocycles. The van der Waals surface area contributed by atoms with Crippen LogP contribution in [0.15, 0.2) is 42.5 Å². The number of nitrogens with one attached hydrogen (secondary N) is 1. The summed E-state index contributed by atoms with van der Waals surface area (Å²) < 4.78 is 0. The van der Waals surface area contributed by atoms with E-state index in [-0.39, 0.29) is 5.91 Å². The lowest BCUT2D eigenvalue weighted by Crippen LogP contribution is -2.47. The predicted octanol–water partition coefficient (Wildman–Crippen LogP) is 5.80. The number of nitrogens with zero attached hydrogens (tertiary/aromatic N) is 4. The summed E-state index contributed by atoms with van der Waals surface area (Å²) >= 11 is 6.34. The van der Waals surface area contributed by atoms with Gasteiger partial charge in [0, 0.05) is 61.2 Å². The first-order valence-corrected chi connectivity index (χ1v) is 13.4. The maximum atomic E-state index is 13.6. The molecule has 0 atom stereocenters. The number of H-pyrrole nitrogens is 1. The highest BCUT2D eigenvalue weighted by Gasteiger charge is 2.24. The van der Waals surface area contributed by atoms with Gasteiger partial charge in [-0.2, -0.15) is 0 Å². The standard InChI is InChI=1S/C29H38ClN5O/c1-5-8-27-31-23(4)28(32-27)29(36)35(24-13-11-21(2)12-14-24)16-7-15-33-17-19-34(20-18-33)26-10-6-9-25(30)22(26)3/h6,9-14H,5,7-8,15-20H2,1-4H3,(H,31,32). The third-order valence-electron chi connectivity index (χ3n) is 7.02. The van der Waals surface area contributed by atoms with Crippen LogP contribution in [-0.4, -0.2) is 60.0 Å². The molecule has 1 aliphatic heterocycles. The summed E-state index contributed by atoms with van der Waals surface area (Å²) in [5.41, 5.74) is 5.86. The summed E-state index contributed by atoms with van der Waals surface area (Å²) in [5, 5.41) is 0.824. The predicted molar refractivity (Wildman–Crippen MR) is 150 cm³/mol. The average Bonchev–Trinajstić information content (AvgIpc) is 3.24.